The highest BCUT2D eigenvalue weighted by molar-refractivity contribution is 5.52. The number of oxazole rings is 1. The maximum Gasteiger partial charge on any atom is 0.226 e. The van der Waals surface area contributed by atoms with E-state index in [1.807, 2.05) is 37.3 Å². The van der Waals surface area contributed by atoms with Crippen molar-refractivity contribution in [2.75, 3.05) is 26.2 Å². The molecule has 0 unspecified atom stereocenters. The number of piperazine rings is 1. The first-order valence-corrected chi connectivity index (χ1v) is 8.50. The van der Waals surface area contributed by atoms with Crippen LogP contribution in [0, 0.1) is 6.92 Å². The van der Waals surface area contributed by atoms with Crippen molar-refractivity contribution in [3.63, 3.8) is 0 Å². The van der Waals surface area contributed by atoms with E-state index in [2.05, 4.69) is 24.9 Å². The molecule has 0 bridgehead atoms. The maximum atomic E-state index is 5.62. The molecule has 0 N–H and O–H groups in total. The zero-order chi connectivity index (χ0) is 17.1. The van der Waals surface area contributed by atoms with Crippen molar-refractivity contribution in [2.24, 2.45) is 0 Å². The quantitative estimate of drug-likeness (QED) is 0.706. The zero-order valence-electron chi connectivity index (χ0n) is 14.3. The predicted octanol–water partition coefficient (Wildman–Crippen LogP) is 2.35. The van der Waals surface area contributed by atoms with Gasteiger partial charge in [0.05, 0.1) is 12.2 Å². The molecule has 0 spiro atoms. The Kier molecular flexibility index (Phi) is 4.58. The summed E-state index contributed by atoms with van der Waals surface area (Å²) in [6, 6.07) is 9.98. The van der Waals surface area contributed by atoms with Gasteiger partial charge in [-0.05, 0) is 12.1 Å². The molecule has 1 aromatic carbocycles. The molecule has 1 aliphatic rings. The fourth-order valence-electron chi connectivity index (χ4n) is 3.03. The van der Waals surface area contributed by atoms with Gasteiger partial charge < -0.3 is 8.94 Å². The van der Waals surface area contributed by atoms with Crippen molar-refractivity contribution < 1.29 is 8.94 Å². The zero-order valence-corrected chi connectivity index (χ0v) is 14.3. The van der Waals surface area contributed by atoms with Gasteiger partial charge in [-0.25, -0.2) is 4.98 Å². The summed E-state index contributed by atoms with van der Waals surface area (Å²) in [6.07, 6.45) is 1.76. The van der Waals surface area contributed by atoms with E-state index in [-0.39, 0.29) is 0 Å². The molecule has 0 radical (unpaired) electrons. The van der Waals surface area contributed by atoms with Gasteiger partial charge in [0, 0.05) is 45.2 Å². The number of aryl methyl sites for hydroxylation is 1. The summed E-state index contributed by atoms with van der Waals surface area (Å²) < 4.78 is 10.6. The summed E-state index contributed by atoms with van der Waals surface area (Å²) in [5, 5.41) is 3.96. The Morgan fingerprint density at radius 2 is 1.68 bits per heavy atom. The lowest BCUT2D eigenvalue weighted by molar-refractivity contribution is 0.118. The van der Waals surface area contributed by atoms with Crippen LogP contribution in [0.4, 0.5) is 0 Å². The van der Waals surface area contributed by atoms with Crippen LogP contribution in [0.5, 0.6) is 0 Å². The van der Waals surface area contributed by atoms with Crippen LogP contribution in [0.1, 0.15) is 17.4 Å². The van der Waals surface area contributed by atoms with Gasteiger partial charge >= 0.3 is 0 Å². The first-order valence-electron chi connectivity index (χ1n) is 8.50. The number of rotatable bonds is 5. The molecule has 1 aliphatic heterocycles. The van der Waals surface area contributed by atoms with Crippen molar-refractivity contribution in [2.45, 2.75) is 20.0 Å². The Bertz CT molecular complexity index is 806. The second-order valence-corrected chi connectivity index (χ2v) is 6.29. The Balaban J connectivity index is 1.29. The molecule has 130 valence electrons. The maximum absolute atomic E-state index is 5.62. The van der Waals surface area contributed by atoms with Crippen LogP contribution in [0.15, 0.2) is 45.5 Å². The van der Waals surface area contributed by atoms with E-state index in [0.717, 1.165) is 56.4 Å². The number of benzene rings is 1. The average Bonchev–Trinajstić information content (AvgIpc) is 3.27. The van der Waals surface area contributed by atoms with E-state index in [9.17, 15) is 0 Å². The molecule has 1 saturated heterocycles. The minimum absolute atomic E-state index is 0.619. The lowest BCUT2D eigenvalue weighted by Gasteiger charge is -2.33. The van der Waals surface area contributed by atoms with Gasteiger partial charge in [-0.1, -0.05) is 23.4 Å². The number of aromatic nitrogens is 3. The predicted molar refractivity (Wildman–Crippen MR) is 91.5 cm³/mol. The van der Waals surface area contributed by atoms with Crippen LogP contribution in [0.25, 0.3) is 11.5 Å². The summed E-state index contributed by atoms with van der Waals surface area (Å²) in [5.41, 5.74) is 1.98. The van der Waals surface area contributed by atoms with Gasteiger partial charge in [-0.3, -0.25) is 9.80 Å². The molecule has 1 fully saturated rings. The van der Waals surface area contributed by atoms with E-state index < -0.39 is 0 Å². The summed E-state index contributed by atoms with van der Waals surface area (Å²) in [7, 11) is 0. The van der Waals surface area contributed by atoms with Crippen LogP contribution < -0.4 is 0 Å². The first-order chi connectivity index (χ1) is 12.3. The Morgan fingerprint density at radius 3 is 2.36 bits per heavy atom. The van der Waals surface area contributed by atoms with Crippen LogP contribution in [-0.2, 0) is 13.1 Å². The molecule has 25 heavy (non-hydrogen) atoms. The smallest absolute Gasteiger partial charge is 0.226 e. The van der Waals surface area contributed by atoms with Crippen molar-refractivity contribution in [3.05, 3.63) is 54.0 Å². The van der Waals surface area contributed by atoms with Crippen LogP contribution in [0.2, 0.25) is 0 Å². The summed E-state index contributed by atoms with van der Waals surface area (Å²) in [4.78, 5) is 13.6. The Morgan fingerprint density at radius 1 is 0.960 bits per heavy atom. The van der Waals surface area contributed by atoms with Gasteiger partial charge in [0.25, 0.3) is 0 Å². The van der Waals surface area contributed by atoms with Gasteiger partial charge in [0.15, 0.2) is 5.82 Å². The van der Waals surface area contributed by atoms with Crippen LogP contribution >= 0.6 is 0 Å². The van der Waals surface area contributed by atoms with E-state index in [4.69, 9.17) is 8.94 Å². The molecule has 0 aliphatic carbocycles. The SMILES string of the molecule is Cc1nc(CN2CCN(Cc3coc(-c4ccccc4)n3)CC2)no1. The van der Waals surface area contributed by atoms with Gasteiger partial charge in [0.1, 0.15) is 6.26 Å². The largest absolute Gasteiger partial charge is 0.444 e. The standard InChI is InChI=1S/C18H21N5O2/c1-14-19-17(21-25-14)12-23-9-7-22(8-10-23)11-16-13-24-18(20-16)15-5-3-2-4-6-15/h2-6,13H,7-12H2,1H3. The van der Waals surface area contributed by atoms with Crippen molar-refractivity contribution in [1.82, 2.24) is 24.9 Å². The minimum atomic E-state index is 0.619. The number of nitrogens with zero attached hydrogens (tertiary/aromatic N) is 5. The van der Waals surface area contributed by atoms with Gasteiger partial charge in [0.2, 0.25) is 11.8 Å². The van der Waals surface area contributed by atoms with Crippen molar-refractivity contribution in [3.8, 4) is 11.5 Å². The second kappa shape index (κ2) is 7.16. The highest BCUT2D eigenvalue weighted by atomic mass is 16.5. The monoisotopic (exact) mass is 339 g/mol. The van der Waals surface area contributed by atoms with E-state index in [1.165, 1.54) is 0 Å². The normalized spacial score (nSPS) is 16.4. The summed E-state index contributed by atoms with van der Waals surface area (Å²) in [6.45, 7) is 7.32. The molecule has 7 heteroatoms. The lowest BCUT2D eigenvalue weighted by Crippen LogP contribution is -2.45. The van der Waals surface area contributed by atoms with E-state index in [0.29, 0.717) is 11.8 Å². The number of hydrogen-bond donors (Lipinski definition) is 0. The molecule has 2 aromatic heterocycles. The third-order valence-electron chi connectivity index (χ3n) is 4.36. The fourth-order valence-corrected chi connectivity index (χ4v) is 3.03. The molecule has 7 nitrogen and oxygen atoms in total. The third-order valence-corrected chi connectivity index (χ3v) is 4.36. The summed E-state index contributed by atoms with van der Waals surface area (Å²) in [5.74, 6) is 2.06. The second-order valence-electron chi connectivity index (χ2n) is 6.29. The Labute approximate surface area is 146 Å². The van der Waals surface area contributed by atoms with E-state index >= 15 is 0 Å². The topological polar surface area (TPSA) is 71.4 Å². The molecule has 4 rings (SSSR count). The summed E-state index contributed by atoms with van der Waals surface area (Å²) >= 11 is 0. The molecular weight excluding hydrogens is 318 g/mol. The number of hydrogen-bond acceptors (Lipinski definition) is 7. The molecule has 3 heterocycles. The molecule has 0 amide bonds. The Hall–Kier alpha value is -2.51. The van der Waals surface area contributed by atoms with E-state index in [1.54, 1.807) is 6.26 Å². The highest BCUT2D eigenvalue weighted by Crippen LogP contribution is 2.19. The minimum Gasteiger partial charge on any atom is -0.444 e. The van der Waals surface area contributed by atoms with Crippen LogP contribution in [-0.4, -0.2) is 51.1 Å². The average molecular weight is 339 g/mol. The molecular formula is C18H21N5O2. The van der Waals surface area contributed by atoms with Gasteiger partial charge in [-0.15, -0.1) is 0 Å². The first kappa shape index (κ1) is 16.0. The van der Waals surface area contributed by atoms with Crippen LogP contribution in [0.3, 0.4) is 0 Å². The van der Waals surface area contributed by atoms with Crippen molar-refractivity contribution >= 4 is 0 Å². The molecule has 0 atom stereocenters. The molecule has 3 aromatic rings. The highest BCUT2D eigenvalue weighted by Gasteiger charge is 2.20. The lowest BCUT2D eigenvalue weighted by atomic mass is 10.2. The fraction of sp³-hybridized carbons (Fsp3) is 0.389. The third kappa shape index (κ3) is 3.94. The molecule has 0 saturated carbocycles. The van der Waals surface area contributed by atoms with Gasteiger partial charge in [-0.2, -0.15) is 4.98 Å². The van der Waals surface area contributed by atoms with Crippen molar-refractivity contribution in [1.29, 1.82) is 0 Å².